The molecule has 0 bridgehead atoms. The average molecular weight is 285 g/mol. The number of nitriles is 1. The minimum absolute atomic E-state index is 0.134. The van der Waals surface area contributed by atoms with E-state index in [9.17, 15) is 9.50 Å². The minimum atomic E-state index is -0.651. The van der Waals surface area contributed by atoms with E-state index in [2.05, 4.69) is 0 Å². The van der Waals surface area contributed by atoms with Crippen LogP contribution in [0.5, 0.6) is 5.75 Å². The van der Waals surface area contributed by atoms with E-state index in [1.807, 2.05) is 25.1 Å². The van der Waals surface area contributed by atoms with Gasteiger partial charge in [-0.15, -0.1) is 0 Å². The van der Waals surface area contributed by atoms with Gasteiger partial charge < -0.3 is 9.84 Å². The summed E-state index contributed by atoms with van der Waals surface area (Å²) in [5, 5.41) is 18.6. The Morgan fingerprint density at radius 2 is 2.05 bits per heavy atom. The monoisotopic (exact) mass is 285 g/mol. The van der Waals surface area contributed by atoms with Gasteiger partial charge >= 0.3 is 0 Å². The lowest BCUT2D eigenvalue weighted by Gasteiger charge is -2.14. The van der Waals surface area contributed by atoms with E-state index in [1.54, 1.807) is 19.1 Å². The number of rotatable bonds is 4. The summed E-state index contributed by atoms with van der Waals surface area (Å²) in [5.41, 5.74) is 2.54. The van der Waals surface area contributed by atoms with Crippen molar-refractivity contribution in [2.24, 2.45) is 0 Å². The van der Waals surface area contributed by atoms with Gasteiger partial charge in [-0.3, -0.25) is 0 Å². The van der Waals surface area contributed by atoms with Gasteiger partial charge in [0.15, 0.2) is 0 Å². The first-order chi connectivity index (χ1) is 9.99. The molecule has 0 aliphatic heterocycles. The molecule has 0 spiro atoms. The van der Waals surface area contributed by atoms with E-state index < -0.39 is 11.9 Å². The Hall–Kier alpha value is -2.38. The minimum Gasteiger partial charge on any atom is -0.489 e. The number of benzene rings is 2. The zero-order chi connectivity index (χ0) is 15.4. The van der Waals surface area contributed by atoms with Crippen molar-refractivity contribution in [1.29, 1.82) is 5.26 Å². The Balaban J connectivity index is 2.21. The molecule has 4 heteroatoms. The molecular formula is C17H16FNO2. The fraction of sp³-hybridized carbons (Fsp3) is 0.235. The Kier molecular flexibility index (Phi) is 4.56. The quantitative estimate of drug-likeness (QED) is 0.933. The Bertz CT molecular complexity index is 690. The summed E-state index contributed by atoms with van der Waals surface area (Å²) < 4.78 is 19.0. The van der Waals surface area contributed by atoms with Gasteiger partial charge in [0, 0.05) is 5.56 Å². The summed E-state index contributed by atoms with van der Waals surface area (Å²) in [6.45, 7) is 3.73. The maximum atomic E-state index is 13.4. The lowest BCUT2D eigenvalue weighted by molar-refractivity contribution is 0.190. The normalized spacial score (nSPS) is 11.8. The van der Waals surface area contributed by atoms with Gasteiger partial charge in [-0.05, 0) is 49.7 Å². The first-order valence-electron chi connectivity index (χ1n) is 6.60. The van der Waals surface area contributed by atoms with Crippen LogP contribution in [0.2, 0.25) is 0 Å². The first kappa shape index (κ1) is 15.0. The predicted octanol–water partition coefficient (Wildman–Crippen LogP) is 3.64. The number of aryl methyl sites for hydroxylation is 1. The van der Waals surface area contributed by atoms with E-state index >= 15 is 0 Å². The third-order valence-corrected chi connectivity index (χ3v) is 3.10. The van der Waals surface area contributed by atoms with Crippen molar-refractivity contribution < 1.29 is 14.2 Å². The van der Waals surface area contributed by atoms with E-state index in [4.69, 9.17) is 10.00 Å². The third-order valence-electron chi connectivity index (χ3n) is 3.10. The summed E-state index contributed by atoms with van der Waals surface area (Å²) in [6, 6.07) is 11.5. The van der Waals surface area contributed by atoms with Crippen LogP contribution in [0.15, 0.2) is 36.4 Å². The van der Waals surface area contributed by atoms with Gasteiger partial charge in [0.1, 0.15) is 18.2 Å². The SMILES string of the molecule is Cc1ccc(OCc2cc(F)cc(C#N)c2)c([C@H](C)O)c1. The van der Waals surface area contributed by atoms with Gasteiger partial charge in [0.2, 0.25) is 0 Å². The summed E-state index contributed by atoms with van der Waals surface area (Å²) in [5.74, 6) is 0.0886. The molecule has 0 aliphatic rings. The molecule has 0 heterocycles. The van der Waals surface area contributed by atoms with Crippen molar-refractivity contribution in [1.82, 2.24) is 0 Å². The molecule has 0 unspecified atom stereocenters. The van der Waals surface area contributed by atoms with Gasteiger partial charge in [-0.1, -0.05) is 11.6 Å². The molecule has 0 radical (unpaired) electrons. The lowest BCUT2D eigenvalue weighted by Crippen LogP contribution is -2.02. The van der Waals surface area contributed by atoms with Gasteiger partial charge in [-0.25, -0.2) is 4.39 Å². The standard InChI is InChI=1S/C17H16FNO2/c1-11-3-4-17(16(5-11)12(2)20)21-10-14-6-13(9-19)7-15(18)8-14/h3-8,12,20H,10H2,1-2H3/t12-/m0/s1. The summed E-state index contributed by atoms with van der Waals surface area (Å²) in [4.78, 5) is 0. The number of hydrogen-bond acceptors (Lipinski definition) is 3. The zero-order valence-electron chi connectivity index (χ0n) is 11.9. The highest BCUT2D eigenvalue weighted by molar-refractivity contribution is 5.39. The number of aliphatic hydroxyl groups is 1. The van der Waals surface area contributed by atoms with Crippen LogP contribution >= 0.6 is 0 Å². The zero-order valence-corrected chi connectivity index (χ0v) is 11.9. The van der Waals surface area contributed by atoms with Gasteiger partial charge in [-0.2, -0.15) is 5.26 Å². The summed E-state index contributed by atoms with van der Waals surface area (Å²) in [7, 11) is 0. The molecule has 0 saturated carbocycles. The fourth-order valence-electron chi connectivity index (χ4n) is 2.09. The predicted molar refractivity (Wildman–Crippen MR) is 77.3 cm³/mol. The van der Waals surface area contributed by atoms with Crippen LogP contribution < -0.4 is 4.74 Å². The molecule has 1 atom stereocenters. The molecule has 0 aliphatic carbocycles. The molecular weight excluding hydrogens is 269 g/mol. The van der Waals surface area contributed by atoms with E-state index in [0.717, 1.165) is 5.56 Å². The molecule has 0 amide bonds. The molecule has 3 nitrogen and oxygen atoms in total. The highest BCUT2D eigenvalue weighted by atomic mass is 19.1. The Labute approximate surface area is 123 Å². The molecule has 108 valence electrons. The maximum absolute atomic E-state index is 13.4. The highest BCUT2D eigenvalue weighted by Crippen LogP contribution is 2.27. The number of nitrogens with zero attached hydrogens (tertiary/aromatic N) is 1. The first-order valence-corrected chi connectivity index (χ1v) is 6.60. The molecule has 0 saturated heterocycles. The third kappa shape index (κ3) is 3.80. The smallest absolute Gasteiger partial charge is 0.125 e. The molecule has 0 aromatic heterocycles. The number of aliphatic hydroxyl groups excluding tert-OH is 1. The van der Waals surface area contributed by atoms with Crippen molar-refractivity contribution in [3.05, 3.63) is 64.5 Å². The van der Waals surface area contributed by atoms with Crippen LogP contribution in [0.1, 0.15) is 35.3 Å². The Morgan fingerprint density at radius 1 is 1.29 bits per heavy atom. The van der Waals surface area contributed by atoms with Crippen molar-refractivity contribution in [2.75, 3.05) is 0 Å². The van der Waals surface area contributed by atoms with Crippen LogP contribution in [0.25, 0.3) is 0 Å². The molecule has 2 aromatic carbocycles. The second kappa shape index (κ2) is 6.38. The fourth-order valence-corrected chi connectivity index (χ4v) is 2.09. The molecule has 1 N–H and O–H groups in total. The van der Waals surface area contributed by atoms with Gasteiger partial charge in [0.25, 0.3) is 0 Å². The van der Waals surface area contributed by atoms with Crippen molar-refractivity contribution in [3.63, 3.8) is 0 Å². The van der Waals surface area contributed by atoms with Crippen molar-refractivity contribution in [2.45, 2.75) is 26.6 Å². The second-order valence-corrected chi connectivity index (χ2v) is 4.97. The molecule has 2 rings (SSSR count). The molecule has 0 fully saturated rings. The van der Waals surface area contributed by atoms with Crippen LogP contribution in [-0.4, -0.2) is 5.11 Å². The summed E-state index contributed by atoms with van der Waals surface area (Å²) in [6.07, 6.45) is -0.651. The number of halogens is 1. The number of ether oxygens (including phenoxy) is 1. The topological polar surface area (TPSA) is 53.2 Å². The second-order valence-electron chi connectivity index (χ2n) is 4.97. The number of hydrogen-bond donors (Lipinski definition) is 1. The lowest BCUT2D eigenvalue weighted by atomic mass is 10.1. The summed E-state index contributed by atoms with van der Waals surface area (Å²) >= 11 is 0. The Morgan fingerprint density at radius 3 is 2.71 bits per heavy atom. The molecule has 2 aromatic rings. The van der Waals surface area contributed by atoms with Crippen LogP contribution in [0.4, 0.5) is 4.39 Å². The van der Waals surface area contributed by atoms with Crippen LogP contribution in [0, 0.1) is 24.1 Å². The van der Waals surface area contributed by atoms with E-state index in [0.29, 0.717) is 16.9 Å². The van der Waals surface area contributed by atoms with E-state index in [-0.39, 0.29) is 12.2 Å². The molecule has 21 heavy (non-hydrogen) atoms. The van der Waals surface area contributed by atoms with Crippen molar-refractivity contribution >= 4 is 0 Å². The average Bonchev–Trinajstić information content (AvgIpc) is 2.45. The van der Waals surface area contributed by atoms with Crippen LogP contribution in [-0.2, 0) is 6.61 Å². The largest absolute Gasteiger partial charge is 0.489 e. The maximum Gasteiger partial charge on any atom is 0.125 e. The van der Waals surface area contributed by atoms with Gasteiger partial charge in [0.05, 0.1) is 17.7 Å². The van der Waals surface area contributed by atoms with Crippen LogP contribution in [0.3, 0.4) is 0 Å². The van der Waals surface area contributed by atoms with E-state index in [1.165, 1.54) is 12.1 Å². The van der Waals surface area contributed by atoms with Crippen molar-refractivity contribution in [3.8, 4) is 11.8 Å². The highest BCUT2D eigenvalue weighted by Gasteiger charge is 2.10.